The summed E-state index contributed by atoms with van der Waals surface area (Å²) in [5, 5.41) is 3.20. The molecule has 0 spiro atoms. The molecule has 2 saturated heterocycles. The van der Waals surface area contributed by atoms with Crippen LogP contribution in [-0.2, 0) is 9.53 Å². The number of carbonyl (C=O) groups excluding carboxylic acids is 3. The molecule has 2 aliphatic rings. The first-order chi connectivity index (χ1) is 13.0. The molecule has 1 atom stereocenters. The predicted octanol–water partition coefficient (Wildman–Crippen LogP) is 2.49. The zero-order valence-corrected chi connectivity index (χ0v) is 16.6. The molecule has 3 heterocycles. The molecule has 9 heteroatoms. The largest absolute Gasteiger partial charge is 0.462 e. The molecule has 0 radical (unpaired) electrons. The Morgan fingerprint density at radius 2 is 1.89 bits per heavy atom. The Balaban J connectivity index is 1.59. The van der Waals surface area contributed by atoms with Crippen molar-refractivity contribution in [3.63, 3.8) is 0 Å². The molecule has 1 aromatic rings. The number of hydrogen-bond donors (Lipinski definition) is 1. The topological polar surface area (TPSA) is 91.8 Å². The van der Waals surface area contributed by atoms with E-state index in [0.717, 1.165) is 50.1 Å². The number of anilines is 1. The summed E-state index contributed by atoms with van der Waals surface area (Å²) in [6, 6.07) is 0.0414. The van der Waals surface area contributed by atoms with Crippen molar-refractivity contribution < 1.29 is 19.1 Å². The number of esters is 1. The maximum absolute atomic E-state index is 12.7. The highest BCUT2D eigenvalue weighted by atomic mass is 32.1. The standard InChI is InChI=1S/C18H26N4O4S/c1-3-26-16(24)14-12(2)19-17(27-14)20-15(23)13-7-6-10-22(11-13)18(25)21-8-4-5-9-21/h13H,3-11H2,1-2H3,(H,19,20,23)/t13-/m1/s1. The van der Waals surface area contributed by atoms with Crippen LogP contribution in [-0.4, -0.2) is 65.5 Å². The Morgan fingerprint density at radius 1 is 1.19 bits per heavy atom. The Morgan fingerprint density at radius 3 is 2.59 bits per heavy atom. The molecule has 148 valence electrons. The van der Waals surface area contributed by atoms with Crippen LogP contribution in [0.15, 0.2) is 0 Å². The second kappa shape index (κ2) is 8.69. The Kier molecular flexibility index (Phi) is 6.30. The number of aromatic nitrogens is 1. The van der Waals surface area contributed by atoms with Crippen molar-refractivity contribution in [1.29, 1.82) is 0 Å². The van der Waals surface area contributed by atoms with Gasteiger partial charge in [0.2, 0.25) is 5.91 Å². The van der Waals surface area contributed by atoms with E-state index in [0.29, 0.717) is 35.4 Å². The average molecular weight is 394 g/mol. The van der Waals surface area contributed by atoms with Crippen molar-refractivity contribution in [2.45, 2.75) is 39.5 Å². The number of carbonyl (C=O) groups is 3. The van der Waals surface area contributed by atoms with Gasteiger partial charge in [-0.2, -0.15) is 0 Å². The van der Waals surface area contributed by atoms with Crippen molar-refractivity contribution in [2.75, 3.05) is 38.1 Å². The van der Waals surface area contributed by atoms with Crippen LogP contribution in [0.3, 0.4) is 0 Å². The number of aryl methyl sites for hydroxylation is 1. The van der Waals surface area contributed by atoms with Crippen molar-refractivity contribution in [2.24, 2.45) is 5.92 Å². The second-order valence-corrected chi connectivity index (χ2v) is 7.90. The minimum atomic E-state index is -0.423. The summed E-state index contributed by atoms with van der Waals surface area (Å²) < 4.78 is 5.00. The quantitative estimate of drug-likeness (QED) is 0.792. The zero-order valence-electron chi connectivity index (χ0n) is 15.8. The van der Waals surface area contributed by atoms with E-state index in [1.807, 2.05) is 4.90 Å². The smallest absolute Gasteiger partial charge is 0.350 e. The third-order valence-corrected chi connectivity index (χ3v) is 5.98. The second-order valence-electron chi connectivity index (χ2n) is 6.91. The molecule has 2 aliphatic heterocycles. The van der Waals surface area contributed by atoms with Crippen LogP contribution in [0.5, 0.6) is 0 Å². The first kappa shape index (κ1) is 19.6. The van der Waals surface area contributed by atoms with Crippen LogP contribution in [0.2, 0.25) is 0 Å². The SMILES string of the molecule is CCOC(=O)c1sc(NC(=O)[C@@H]2CCCN(C(=O)N3CCCC3)C2)nc1C. The Hall–Kier alpha value is -2.16. The average Bonchev–Trinajstić information content (AvgIpc) is 3.31. The van der Waals surface area contributed by atoms with E-state index in [1.165, 1.54) is 0 Å². The summed E-state index contributed by atoms with van der Waals surface area (Å²) >= 11 is 1.12. The van der Waals surface area contributed by atoms with E-state index in [1.54, 1.807) is 18.7 Å². The van der Waals surface area contributed by atoms with Gasteiger partial charge in [0.25, 0.3) is 0 Å². The molecule has 1 aromatic heterocycles. The molecule has 0 unspecified atom stereocenters. The van der Waals surface area contributed by atoms with Crippen LogP contribution in [0.4, 0.5) is 9.93 Å². The summed E-state index contributed by atoms with van der Waals surface area (Å²) in [4.78, 5) is 45.5. The van der Waals surface area contributed by atoms with Crippen LogP contribution in [0.1, 0.15) is 48.0 Å². The molecule has 3 amide bonds. The fourth-order valence-electron chi connectivity index (χ4n) is 3.52. The van der Waals surface area contributed by atoms with Gasteiger partial charge in [0, 0.05) is 26.2 Å². The van der Waals surface area contributed by atoms with Crippen LogP contribution >= 0.6 is 11.3 Å². The first-order valence-corrected chi connectivity index (χ1v) is 10.3. The number of likely N-dealkylation sites (tertiary alicyclic amines) is 2. The first-order valence-electron chi connectivity index (χ1n) is 9.49. The number of rotatable bonds is 4. The van der Waals surface area contributed by atoms with E-state index < -0.39 is 5.97 Å². The molecule has 2 fully saturated rings. The molecule has 8 nitrogen and oxygen atoms in total. The molecule has 27 heavy (non-hydrogen) atoms. The fourth-order valence-corrected chi connectivity index (χ4v) is 4.38. The number of ether oxygens (including phenoxy) is 1. The van der Waals surface area contributed by atoms with Crippen molar-refractivity contribution >= 4 is 34.4 Å². The zero-order chi connectivity index (χ0) is 19.4. The minimum absolute atomic E-state index is 0.0414. The summed E-state index contributed by atoms with van der Waals surface area (Å²) in [6.07, 6.45) is 3.65. The van der Waals surface area contributed by atoms with Gasteiger partial charge in [-0.3, -0.25) is 4.79 Å². The number of piperidine rings is 1. The number of thiazole rings is 1. The van der Waals surface area contributed by atoms with Gasteiger partial charge in [-0.1, -0.05) is 11.3 Å². The molecule has 0 bridgehead atoms. The third kappa shape index (κ3) is 4.58. The molecule has 0 aliphatic carbocycles. The summed E-state index contributed by atoms with van der Waals surface area (Å²) in [5.74, 6) is -0.841. The number of nitrogens with zero attached hydrogens (tertiary/aromatic N) is 3. The van der Waals surface area contributed by atoms with Gasteiger partial charge in [-0.15, -0.1) is 0 Å². The molecule has 3 rings (SSSR count). The lowest BCUT2D eigenvalue weighted by atomic mass is 9.97. The normalized spacial score (nSPS) is 19.9. The summed E-state index contributed by atoms with van der Waals surface area (Å²) in [7, 11) is 0. The monoisotopic (exact) mass is 394 g/mol. The van der Waals surface area contributed by atoms with Gasteiger partial charge < -0.3 is 19.9 Å². The highest BCUT2D eigenvalue weighted by molar-refractivity contribution is 7.17. The van der Waals surface area contributed by atoms with Gasteiger partial charge in [0.1, 0.15) is 4.88 Å². The maximum Gasteiger partial charge on any atom is 0.350 e. The lowest BCUT2D eigenvalue weighted by Crippen LogP contribution is -2.48. The van der Waals surface area contributed by atoms with E-state index in [-0.39, 0.29) is 17.9 Å². The van der Waals surface area contributed by atoms with E-state index in [2.05, 4.69) is 10.3 Å². The number of nitrogens with one attached hydrogen (secondary N) is 1. The van der Waals surface area contributed by atoms with Gasteiger partial charge in [-0.25, -0.2) is 14.6 Å². The van der Waals surface area contributed by atoms with Crippen LogP contribution < -0.4 is 5.32 Å². The summed E-state index contributed by atoms with van der Waals surface area (Å²) in [5.41, 5.74) is 0.545. The highest BCUT2D eigenvalue weighted by Gasteiger charge is 2.32. The van der Waals surface area contributed by atoms with Gasteiger partial charge in [-0.05, 0) is 39.5 Å². The van der Waals surface area contributed by atoms with Gasteiger partial charge >= 0.3 is 12.0 Å². The molecule has 0 saturated carbocycles. The molecule has 1 N–H and O–H groups in total. The van der Waals surface area contributed by atoms with Crippen molar-refractivity contribution in [1.82, 2.24) is 14.8 Å². The van der Waals surface area contributed by atoms with Gasteiger partial charge in [0.05, 0.1) is 18.2 Å². The predicted molar refractivity (Wildman–Crippen MR) is 102 cm³/mol. The number of hydrogen-bond acceptors (Lipinski definition) is 6. The minimum Gasteiger partial charge on any atom is -0.462 e. The Bertz CT molecular complexity index is 714. The lowest BCUT2D eigenvalue weighted by molar-refractivity contribution is -0.121. The van der Waals surface area contributed by atoms with Crippen LogP contribution in [0, 0.1) is 12.8 Å². The highest BCUT2D eigenvalue weighted by Crippen LogP contribution is 2.26. The number of amides is 3. The molecular weight excluding hydrogens is 368 g/mol. The third-order valence-electron chi connectivity index (χ3n) is 4.93. The molecular formula is C18H26N4O4S. The number of urea groups is 1. The fraction of sp³-hybridized carbons (Fsp3) is 0.667. The van der Waals surface area contributed by atoms with E-state index in [4.69, 9.17) is 4.74 Å². The Labute approximate surface area is 162 Å². The maximum atomic E-state index is 12.7. The van der Waals surface area contributed by atoms with E-state index in [9.17, 15) is 14.4 Å². The van der Waals surface area contributed by atoms with E-state index >= 15 is 0 Å². The van der Waals surface area contributed by atoms with Gasteiger partial charge in [0.15, 0.2) is 5.13 Å². The summed E-state index contributed by atoms with van der Waals surface area (Å²) in [6.45, 7) is 6.49. The lowest BCUT2D eigenvalue weighted by Gasteiger charge is -2.34. The molecule has 0 aromatic carbocycles. The van der Waals surface area contributed by atoms with Crippen molar-refractivity contribution in [3.05, 3.63) is 10.6 Å². The van der Waals surface area contributed by atoms with Crippen LogP contribution in [0.25, 0.3) is 0 Å². The van der Waals surface area contributed by atoms with Crippen molar-refractivity contribution in [3.8, 4) is 0 Å².